The summed E-state index contributed by atoms with van der Waals surface area (Å²) in [6.45, 7) is 10.2. The van der Waals surface area contributed by atoms with Crippen LogP contribution in [0, 0.1) is 11.3 Å². The van der Waals surface area contributed by atoms with Crippen LogP contribution >= 0.6 is 24.8 Å². The number of carbonyl (C=O) groups excluding carboxylic acids is 1. The van der Waals surface area contributed by atoms with E-state index in [9.17, 15) is 4.79 Å². The standard InChI is InChI=1S/C17H33N3O.2ClH/c1-3-17(4-2,14-18)16(21)20-11-8-15(13-20)12-19-9-6-5-7-10-19;;/h15H,3-14,18H2,1-2H3;2*1H. The topological polar surface area (TPSA) is 49.6 Å². The molecule has 0 radical (unpaired) electrons. The molecule has 2 saturated heterocycles. The lowest BCUT2D eigenvalue weighted by Gasteiger charge is -2.33. The minimum atomic E-state index is -0.319. The fourth-order valence-corrected chi connectivity index (χ4v) is 3.94. The Morgan fingerprint density at radius 3 is 2.22 bits per heavy atom. The van der Waals surface area contributed by atoms with Crippen molar-refractivity contribution in [3.05, 3.63) is 0 Å². The fraction of sp³-hybridized carbons (Fsp3) is 0.941. The smallest absolute Gasteiger partial charge is 0.230 e. The molecule has 2 aliphatic rings. The van der Waals surface area contributed by atoms with E-state index in [1.807, 2.05) is 0 Å². The maximum atomic E-state index is 12.8. The minimum Gasteiger partial charge on any atom is -0.342 e. The van der Waals surface area contributed by atoms with Crippen LogP contribution < -0.4 is 5.73 Å². The Morgan fingerprint density at radius 1 is 1.09 bits per heavy atom. The molecule has 1 atom stereocenters. The summed E-state index contributed by atoms with van der Waals surface area (Å²) in [6.07, 6.45) is 6.95. The lowest BCUT2D eigenvalue weighted by atomic mass is 9.81. The van der Waals surface area contributed by atoms with E-state index in [2.05, 4.69) is 23.6 Å². The second-order valence-corrected chi connectivity index (χ2v) is 6.96. The number of carbonyl (C=O) groups is 1. The van der Waals surface area contributed by atoms with Gasteiger partial charge in [0.1, 0.15) is 0 Å². The predicted octanol–water partition coefficient (Wildman–Crippen LogP) is 2.93. The predicted molar refractivity (Wildman–Crippen MR) is 102 cm³/mol. The number of likely N-dealkylation sites (tertiary alicyclic amines) is 2. The molecule has 0 aromatic rings. The van der Waals surface area contributed by atoms with Crippen molar-refractivity contribution in [3.8, 4) is 0 Å². The number of halogens is 2. The Kier molecular flexibility index (Phi) is 10.7. The van der Waals surface area contributed by atoms with Gasteiger partial charge < -0.3 is 15.5 Å². The highest BCUT2D eigenvalue weighted by Crippen LogP contribution is 2.31. The summed E-state index contributed by atoms with van der Waals surface area (Å²) >= 11 is 0. The quantitative estimate of drug-likeness (QED) is 0.784. The molecular formula is C17H35Cl2N3O. The fourth-order valence-electron chi connectivity index (χ4n) is 3.94. The molecule has 2 rings (SSSR count). The van der Waals surface area contributed by atoms with Crippen molar-refractivity contribution in [2.45, 2.75) is 52.4 Å². The Balaban J connectivity index is 0.00000242. The first-order valence-electron chi connectivity index (χ1n) is 8.87. The average molecular weight is 368 g/mol. The number of rotatable bonds is 6. The molecule has 0 aromatic heterocycles. The van der Waals surface area contributed by atoms with Crippen molar-refractivity contribution in [3.63, 3.8) is 0 Å². The summed E-state index contributed by atoms with van der Waals surface area (Å²) in [5.41, 5.74) is 5.61. The first kappa shape index (κ1) is 23.0. The van der Waals surface area contributed by atoms with Gasteiger partial charge in [0.2, 0.25) is 5.91 Å². The number of nitrogens with two attached hydrogens (primary N) is 1. The van der Waals surface area contributed by atoms with Crippen molar-refractivity contribution in [1.29, 1.82) is 0 Å². The van der Waals surface area contributed by atoms with Gasteiger partial charge in [0.05, 0.1) is 5.41 Å². The minimum absolute atomic E-state index is 0. The molecule has 6 heteroatoms. The Hall–Kier alpha value is -0.0300. The van der Waals surface area contributed by atoms with Gasteiger partial charge in [-0.25, -0.2) is 0 Å². The number of amides is 1. The van der Waals surface area contributed by atoms with E-state index < -0.39 is 0 Å². The first-order chi connectivity index (χ1) is 10.1. The van der Waals surface area contributed by atoms with E-state index in [1.165, 1.54) is 38.9 Å². The Morgan fingerprint density at radius 2 is 1.70 bits per heavy atom. The number of hydrogen-bond donors (Lipinski definition) is 1. The van der Waals surface area contributed by atoms with Gasteiger partial charge in [-0.1, -0.05) is 20.3 Å². The van der Waals surface area contributed by atoms with E-state index in [0.29, 0.717) is 18.4 Å². The van der Waals surface area contributed by atoms with Gasteiger partial charge in [-0.3, -0.25) is 4.79 Å². The van der Waals surface area contributed by atoms with E-state index in [1.54, 1.807) is 0 Å². The van der Waals surface area contributed by atoms with Gasteiger partial charge in [0, 0.05) is 26.2 Å². The molecule has 138 valence electrons. The molecule has 2 N–H and O–H groups in total. The maximum Gasteiger partial charge on any atom is 0.230 e. The molecule has 0 aliphatic carbocycles. The van der Waals surface area contributed by atoms with Crippen molar-refractivity contribution >= 4 is 30.7 Å². The van der Waals surface area contributed by atoms with Gasteiger partial charge in [-0.05, 0) is 51.1 Å². The first-order valence-corrected chi connectivity index (χ1v) is 8.87. The zero-order chi connectivity index (χ0) is 15.3. The molecule has 0 spiro atoms. The second kappa shape index (κ2) is 10.8. The molecule has 2 fully saturated rings. The highest BCUT2D eigenvalue weighted by Gasteiger charge is 2.39. The zero-order valence-electron chi connectivity index (χ0n) is 14.8. The van der Waals surface area contributed by atoms with Gasteiger partial charge >= 0.3 is 0 Å². The van der Waals surface area contributed by atoms with Crippen molar-refractivity contribution < 1.29 is 4.79 Å². The Bertz CT molecular complexity index is 336. The van der Waals surface area contributed by atoms with Crippen LogP contribution in [-0.2, 0) is 4.79 Å². The number of nitrogens with zero attached hydrogens (tertiary/aromatic N) is 2. The van der Waals surface area contributed by atoms with Crippen LogP contribution in [-0.4, -0.2) is 55.0 Å². The monoisotopic (exact) mass is 367 g/mol. The third kappa shape index (κ3) is 5.48. The third-order valence-electron chi connectivity index (χ3n) is 5.74. The normalized spacial score (nSPS) is 22.4. The summed E-state index contributed by atoms with van der Waals surface area (Å²) < 4.78 is 0. The van der Waals surface area contributed by atoms with Crippen LogP contribution in [0.4, 0.5) is 0 Å². The van der Waals surface area contributed by atoms with Gasteiger partial charge in [-0.15, -0.1) is 24.8 Å². The largest absolute Gasteiger partial charge is 0.342 e. The highest BCUT2D eigenvalue weighted by atomic mass is 35.5. The van der Waals surface area contributed by atoms with Crippen LogP contribution in [0.3, 0.4) is 0 Å². The van der Waals surface area contributed by atoms with Gasteiger partial charge in [0.25, 0.3) is 0 Å². The van der Waals surface area contributed by atoms with Crippen molar-refractivity contribution in [2.75, 3.05) is 39.3 Å². The Labute approximate surface area is 154 Å². The molecule has 1 unspecified atom stereocenters. The van der Waals surface area contributed by atoms with E-state index in [-0.39, 0.29) is 30.2 Å². The summed E-state index contributed by atoms with van der Waals surface area (Å²) in [5, 5.41) is 0. The van der Waals surface area contributed by atoms with Crippen molar-refractivity contribution in [2.24, 2.45) is 17.1 Å². The van der Waals surface area contributed by atoms with E-state index in [4.69, 9.17) is 5.73 Å². The summed E-state index contributed by atoms with van der Waals surface area (Å²) in [6, 6.07) is 0. The molecule has 2 aliphatic heterocycles. The lowest BCUT2D eigenvalue weighted by Crippen LogP contribution is -2.47. The van der Waals surface area contributed by atoms with E-state index in [0.717, 1.165) is 32.4 Å². The number of hydrogen-bond acceptors (Lipinski definition) is 3. The van der Waals surface area contributed by atoms with Crippen LogP contribution in [0.1, 0.15) is 52.4 Å². The van der Waals surface area contributed by atoms with Gasteiger partial charge in [0.15, 0.2) is 0 Å². The maximum absolute atomic E-state index is 12.8. The van der Waals surface area contributed by atoms with Crippen LogP contribution in [0.25, 0.3) is 0 Å². The molecule has 4 nitrogen and oxygen atoms in total. The molecule has 0 saturated carbocycles. The van der Waals surface area contributed by atoms with Crippen molar-refractivity contribution in [1.82, 2.24) is 9.80 Å². The number of piperidine rings is 1. The molecule has 0 bridgehead atoms. The highest BCUT2D eigenvalue weighted by molar-refractivity contribution is 5.85. The SMILES string of the molecule is CCC(CC)(CN)C(=O)N1CCC(CN2CCCCC2)C1.Cl.Cl. The third-order valence-corrected chi connectivity index (χ3v) is 5.74. The lowest BCUT2D eigenvalue weighted by molar-refractivity contribution is -0.141. The van der Waals surface area contributed by atoms with Gasteiger partial charge in [-0.2, -0.15) is 0 Å². The van der Waals surface area contributed by atoms with E-state index >= 15 is 0 Å². The summed E-state index contributed by atoms with van der Waals surface area (Å²) in [5.74, 6) is 0.965. The summed E-state index contributed by atoms with van der Waals surface area (Å²) in [4.78, 5) is 17.5. The van der Waals surface area contributed by atoms with Crippen LogP contribution in [0.2, 0.25) is 0 Å². The van der Waals surface area contributed by atoms with Crippen LogP contribution in [0.5, 0.6) is 0 Å². The van der Waals surface area contributed by atoms with Crippen LogP contribution in [0.15, 0.2) is 0 Å². The summed E-state index contributed by atoms with van der Waals surface area (Å²) in [7, 11) is 0. The average Bonchev–Trinajstić information content (AvgIpc) is 2.99. The second-order valence-electron chi connectivity index (χ2n) is 6.96. The molecule has 1 amide bonds. The molecular weight excluding hydrogens is 333 g/mol. The molecule has 23 heavy (non-hydrogen) atoms. The molecule has 0 aromatic carbocycles. The zero-order valence-corrected chi connectivity index (χ0v) is 16.4. The molecule has 2 heterocycles.